The lowest BCUT2D eigenvalue weighted by Crippen LogP contribution is -2.44. The van der Waals surface area contributed by atoms with Crippen molar-refractivity contribution in [3.8, 4) is 0 Å². The zero-order chi connectivity index (χ0) is 18.2. The van der Waals surface area contributed by atoms with Crippen LogP contribution in [0.5, 0.6) is 0 Å². The number of amides is 3. The second-order valence-electron chi connectivity index (χ2n) is 5.31. The van der Waals surface area contributed by atoms with Crippen LogP contribution in [-0.4, -0.2) is 51.8 Å². The highest BCUT2D eigenvalue weighted by Crippen LogP contribution is 2.12. The van der Waals surface area contributed by atoms with E-state index >= 15 is 0 Å². The monoisotopic (exact) mass is 346 g/mol. The molecule has 1 rings (SSSR count). The first-order chi connectivity index (χ1) is 11.2. The van der Waals surface area contributed by atoms with E-state index < -0.39 is 31.2 Å². The van der Waals surface area contributed by atoms with Crippen LogP contribution in [0.4, 0.5) is 23.7 Å². The minimum Gasteiger partial charge on any atom is -0.378 e. The van der Waals surface area contributed by atoms with E-state index in [1.54, 1.807) is 5.32 Å². The SMILES string of the molecule is CN(C)c1ccc(CCNC(=O)NCC(=O)NCC(F)(F)F)cc1. The van der Waals surface area contributed by atoms with Gasteiger partial charge in [-0.1, -0.05) is 12.1 Å². The van der Waals surface area contributed by atoms with Crippen molar-refractivity contribution in [3.05, 3.63) is 29.8 Å². The summed E-state index contributed by atoms with van der Waals surface area (Å²) in [6, 6.07) is 7.20. The Labute approximate surface area is 138 Å². The molecule has 0 atom stereocenters. The lowest BCUT2D eigenvalue weighted by molar-refractivity contribution is -0.137. The van der Waals surface area contributed by atoms with Gasteiger partial charge in [0.15, 0.2) is 0 Å². The zero-order valence-corrected chi connectivity index (χ0v) is 13.5. The molecule has 0 saturated heterocycles. The second-order valence-corrected chi connectivity index (χ2v) is 5.31. The highest BCUT2D eigenvalue weighted by Gasteiger charge is 2.27. The number of hydrogen-bond donors (Lipinski definition) is 3. The van der Waals surface area contributed by atoms with Crippen LogP contribution < -0.4 is 20.9 Å². The van der Waals surface area contributed by atoms with Crippen molar-refractivity contribution in [2.45, 2.75) is 12.6 Å². The highest BCUT2D eigenvalue weighted by atomic mass is 19.4. The normalized spacial score (nSPS) is 10.9. The van der Waals surface area contributed by atoms with E-state index in [9.17, 15) is 22.8 Å². The molecule has 3 N–H and O–H groups in total. The average Bonchev–Trinajstić information content (AvgIpc) is 2.50. The van der Waals surface area contributed by atoms with E-state index in [1.165, 1.54) is 0 Å². The van der Waals surface area contributed by atoms with Crippen LogP contribution in [0, 0.1) is 0 Å². The molecule has 0 spiro atoms. The van der Waals surface area contributed by atoms with Gasteiger partial charge in [-0.2, -0.15) is 13.2 Å². The minimum absolute atomic E-state index is 0.345. The number of nitrogens with one attached hydrogen (secondary N) is 3. The Morgan fingerprint density at radius 2 is 1.67 bits per heavy atom. The van der Waals surface area contributed by atoms with Gasteiger partial charge in [0.05, 0.1) is 6.54 Å². The molecule has 0 unspecified atom stereocenters. The molecule has 0 aliphatic heterocycles. The Kier molecular flexibility index (Phi) is 7.34. The summed E-state index contributed by atoms with van der Waals surface area (Å²) in [6.45, 7) is -1.59. The second kappa shape index (κ2) is 8.99. The van der Waals surface area contributed by atoms with Gasteiger partial charge >= 0.3 is 12.2 Å². The first-order valence-corrected chi connectivity index (χ1v) is 7.29. The van der Waals surface area contributed by atoms with Gasteiger partial charge < -0.3 is 20.9 Å². The van der Waals surface area contributed by atoms with Gasteiger partial charge in [0, 0.05) is 26.3 Å². The molecule has 9 heteroatoms. The predicted octanol–water partition coefficient (Wildman–Crippen LogP) is 1.27. The molecule has 0 aliphatic carbocycles. The van der Waals surface area contributed by atoms with Crippen LogP contribution in [0.1, 0.15) is 5.56 Å². The van der Waals surface area contributed by atoms with Gasteiger partial charge in [-0.25, -0.2) is 4.79 Å². The minimum atomic E-state index is -4.47. The molecule has 0 radical (unpaired) electrons. The molecule has 0 aliphatic rings. The molecular formula is C15H21F3N4O2. The fraction of sp³-hybridized carbons (Fsp3) is 0.467. The third kappa shape index (κ3) is 8.25. The molecule has 3 amide bonds. The number of benzene rings is 1. The smallest absolute Gasteiger partial charge is 0.378 e. The summed E-state index contributed by atoms with van der Waals surface area (Å²) in [5.74, 6) is -0.901. The number of nitrogens with zero attached hydrogens (tertiary/aromatic N) is 1. The molecule has 0 saturated carbocycles. The van der Waals surface area contributed by atoms with Crippen molar-refractivity contribution in [1.29, 1.82) is 0 Å². The Morgan fingerprint density at radius 3 is 2.21 bits per heavy atom. The summed E-state index contributed by atoms with van der Waals surface area (Å²) >= 11 is 0. The fourth-order valence-electron chi connectivity index (χ4n) is 1.77. The van der Waals surface area contributed by atoms with E-state index in [0.29, 0.717) is 13.0 Å². The molecular weight excluding hydrogens is 325 g/mol. The van der Waals surface area contributed by atoms with Crippen LogP contribution in [0.15, 0.2) is 24.3 Å². The molecule has 6 nitrogen and oxygen atoms in total. The summed E-state index contributed by atoms with van der Waals surface area (Å²) in [5, 5.41) is 6.39. The quantitative estimate of drug-likeness (QED) is 0.696. The maximum atomic E-state index is 11.9. The van der Waals surface area contributed by atoms with E-state index in [0.717, 1.165) is 11.3 Å². The van der Waals surface area contributed by atoms with Crippen molar-refractivity contribution in [2.24, 2.45) is 0 Å². The molecule has 134 valence electrons. The van der Waals surface area contributed by atoms with Gasteiger partial charge in [0.1, 0.15) is 6.54 Å². The van der Waals surface area contributed by atoms with Gasteiger partial charge in [0.25, 0.3) is 0 Å². The first kappa shape index (κ1) is 19.6. The number of anilines is 1. The summed E-state index contributed by atoms with van der Waals surface area (Å²) in [4.78, 5) is 24.5. The maximum absolute atomic E-state index is 11.9. The van der Waals surface area contributed by atoms with Gasteiger partial charge in [0.2, 0.25) is 5.91 Å². The zero-order valence-electron chi connectivity index (χ0n) is 13.5. The van der Waals surface area contributed by atoms with Gasteiger partial charge in [-0.3, -0.25) is 4.79 Å². The van der Waals surface area contributed by atoms with E-state index in [4.69, 9.17) is 0 Å². The molecule has 0 heterocycles. The van der Waals surface area contributed by atoms with Gasteiger partial charge in [-0.05, 0) is 24.1 Å². The number of alkyl halides is 3. The van der Waals surface area contributed by atoms with Crippen LogP contribution >= 0.6 is 0 Å². The van der Waals surface area contributed by atoms with Crippen LogP contribution in [-0.2, 0) is 11.2 Å². The topological polar surface area (TPSA) is 73.5 Å². The number of carbonyl (C=O) groups excluding carboxylic acids is 2. The number of halogens is 3. The predicted molar refractivity (Wildman–Crippen MR) is 84.9 cm³/mol. The highest BCUT2D eigenvalue weighted by molar-refractivity contribution is 5.83. The largest absolute Gasteiger partial charge is 0.405 e. The standard InChI is InChI=1S/C15H21F3N4O2/c1-22(2)12-5-3-11(4-6-12)7-8-19-14(24)20-9-13(23)21-10-15(16,17)18/h3-6H,7-10H2,1-2H3,(H,21,23)(H2,19,20,24). The average molecular weight is 346 g/mol. The van der Waals surface area contributed by atoms with E-state index in [2.05, 4.69) is 10.6 Å². The summed E-state index contributed by atoms with van der Waals surface area (Å²) in [5.41, 5.74) is 2.10. The molecule has 1 aromatic rings. The lowest BCUT2D eigenvalue weighted by atomic mass is 10.1. The summed E-state index contributed by atoms with van der Waals surface area (Å²) < 4.78 is 35.7. The van der Waals surface area contributed by atoms with Crippen LogP contribution in [0.2, 0.25) is 0 Å². The molecule has 0 aromatic heterocycles. The number of carbonyl (C=O) groups is 2. The summed E-state index contributed by atoms with van der Waals surface area (Å²) in [7, 11) is 3.87. The van der Waals surface area contributed by atoms with Crippen molar-refractivity contribution >= 4 is 17.6 Å². The third-order valence-corrected chi connectivity index (χ3v) is 3.05. The molecule has 0 bridgehead atoms. The summed E-state index contributed by atoms with van der Waals surface area (Å²) in [6.07, 6.45) is -3.87. The lowest BCUT2D eigenvalue weighted by Gasteiger charge is -2.13. The Balaban J connectivity index is 2.21. The van der Waals surface area contributed by atoms with Crippen LogP contribution in [0.25, 0.3) is 0 Å². The van der Waals surface area contributed by atoms with Gasteiger partial charge in [-0.15, -0.1) is 0 Å². The van der Waals surface area contributed by atoms with Crippen LogP contribution in [0.3, 0.4) is 0 Å². The third-order valence-electron chi connectivity index (χ3n) is 3.05. The molecule has 24 heavy (non-hydrogen) atoms. The molecule has 1 aromatic carbocycles. The Hall–Kier alpha value is -2.45. The number of urea groups is 1. The van der Waals surface area contributed by atoms with Crippen molar-refractivity contribution in [1.82, 2.24) is 16.0 Å². The molecule has 0 fully saturated rings. The van der Waals surface area contributed by atoms with Crippen molar-refractivity contribution < 1.29 is 22.8 Å². The Bertz CT molecular complexity index is 545. The first-order valence-electron chi connectivity index (χ1n) is 7.29. The van der Waals surface area contributed by atoms with Crippen molar-refractivity contribution in [2.75, 3.05) is 38.6 Å². The number of hydrogen-bond acceptors (Lipinski definition) is 3. The Morgan fingerprint density at radius 1 is 1.04 bits per heavy atom. The van der Waals surface area contributed by atoms with Crippen molar-refractivity contribution in [3.63, 3.8) is 0 Å². The van der Waals surface area contributed by atoms with E-state index in [-0.39, 0.29) is 0 Å². The number of rotatable bonds is 7. The fourth-order valence-corrected chi connectivity index (χ4v) is 1.77. The maximum Gasteiger partial charge on any atom is 0.405 e. The van der Waals surface area contributed by atoms with E-state index in [1.807, 2.05) is 43.3 Å².